The van der Waals surface area contributed by atoms with E-state index in [1.807, 2.05) is 18.2 Å². The molecule has 0 saturated carbocycles. The Morgan fingerprint density at radius 3 is 2.37 bits per heavy atom. The van der Waals surface area contributed by atoms with Gasteiger partial charge >= 0.3 is 0 Å². The number of nitrogen functional groups attached to an aromatic ring is 1. The van der Waals surface area contributed by atoms with Crippen LogP contribution in [0.1, 0.15) is 25.3 Å². The lowest BCUT2D eigenvalue weighted by Gasteiger charge is -2.16. The summed E-state index contributed by atoms with van der Waals surface area (Å²) in [7, 11) is 0. The highest BCUT2D eigenvalue weighted by Crippen LogP contribution is 2.35. The van der Waals surface area contributed by atoms with Crippen LogP contribution in [0.5, 0.6) is 0 Å². The monoisotopic (exact) mass is 384 g/mol. The first-order chi connectivity index (χ1) is 9.00. The number of hydrogen-bond acceptors (Lipinski definition) is 4. The molecule has 4 nitrogen and oxygen atoms in total. The van der Waals surface area contributed by atoms with Crippen LogP contribution in [0.2, 0.25) is 0 Å². The second-order valence-electron chi connectivity index (χ2n) is 4.40. The summed E-state index contributed by atoms with van der Waals surface area (Å²) in [5.41, 5.74) is 7.78. The van der Waals surface area contributed by atoms with E-state index in [-0.39, 0.29) is 5.92 Å². The van der Waals surface area contributed by atoms with E-state index in [4.69, 9.17) is 5.73 Å². The second kappa shape index (κ2) is 5.88. The fourth-order valence-electron chi connectivity index (χ4n) is 1.81. The molecule has 2 rings (SSSR count). The average molecular weight is 386 g/mol. The lowest BCUT2D eigenvalue weighted by molar-refractivity contribution is 0.855. The van der Waals surface area contributed by atoms with Crippen LogP contribution in [0, 0.1) is 0 Å². The van der Waals surface area contributed by atoms with Crippen LogP contribution in [0.15, 0.2) is 33.5 Å². The van der Waals surface area contributed by atoms with E-state index in [0.29, 0.717) is 5.82 Å². The highest BCUT2D eigenvalue weighted by atomic mass is 79.9. The number of benzene rings is 1. The topological polar surface area (TPSA) is 63.8 Å². The van der Waals surface area contributed by atoms with Crippen LogP contribution >= 0.6 is 31.9 Å². The minimum absolute atomic E-state index is 0.241. The second-order valence-corrected chi connectivity index (χ2v) is 6.11. The van der Waals surface area contributed by atoms with Gasteiger partial charge in [-0.25, -0.2) is 9.97 Å². The summed E-state index contributed by atoms with van der Waals surface area (Å²) in [6.07, 6.45) is 1.47. The number of rotatable bonds is 3. The van der Waals surface area contributed by atoms with Gasteiger partial charge in [-0.2, -0.15) is 0 Å². The molecule has 0 bridgehead atoms. The third-order valence-electron chi connectivity index (χ3n) is 2.70. The Bertz CT molecular complexity index is 579. The zero-order valence-electron chi connectivity index (χ0n) is 10.6. The molecule has 0 aliphatic heterocycles. The number of anilines is 3. The fraction of sp³-hybridized carbons (Fsp3) is 0.231. The smallest absolute Gasteiger partial charge is 0.139 e. The van der Waals surface area contributed by atoms with Crippen LogP contribution in [0.4, 0.5) is 17.3 Å². The third-order valence-corrected chi connectivity index (χ3v) is 4.02. The zero-order valence-corrected chi connectivity index (χ0v) is 13.8. The molecule has 3 N–H and O–H groups in total. The first-order valence-corrected chi connectivity index (χ1v) is 7.40. The minimum atomic E-state index is 0.241. The number of nitrogens with one attached hydrogen (secondary N) is 1. The fourth-order valence-corrected chi connectivity index (χ4v) is 3.01. The quantitative estimate of drug-likeness (QED) is 0.818. The molecule has 0 spiro atoms. The van der Waals surface area contributed by atoms with Crippen LogP contribution < -0.4 is 11.1 Å². The minimum Gasteiger partial charge on any atom is -0.383 e. The lowest BCUT2D eigenvalue weighted by Crippen LogP contribution is -2.07. The van der Waals surface area contributed by atoms with Gasteiger partial charge in [0, 0.05) is 14.5 Å². The molecule has 0 radical (unpaired) electrons. The summed E-state index contributed by atoms with van der Waals surface area (Å²) in [5.74, 6) is 1.48. The van der Waals surface area contributed by atoms with Crippen LogP contribution in [0.25, 0.3) is 0 Å². The summed E-state index contributed by atoms with van der Waals surface area (Å²) in [5, 5.41) is 3.31. The molecule has 19 heavy (non-hydrogen) atoms. The Morgan fingerprint density at radius 2 is 1.79 bits per heavy atom. The molecule has 2 aromatic rings. The normalized spacial score (nSPS) is 10.8. The molecule has 0 aliphatic carbocycles. The Hall–Kier alpha value is -1.14. The van der Waals surface area contributed by atoms with Crippen molar-refractivity contribution in [1.29, 1.82) is 0 Å². The number of nitrogens with two attached hydrogens (primary N) is 1. The Labute approximate surface area is 129 Å². The number of para-hydroxylation sites is 1. The van der Waals surface area contributed by atoms with Gasteiger partial charge in [0.1, 0.15) is 18.0 Å². The predicted octanol–water partition coefficient (Wildman–Crippen LogP) is 4.45. The van der Waals surface area contributed by atoms with E-state index < -0.39 is 0 Å². The van der Waals surface area contributed by atoms with Crippen molar-refractivity contribution in [2.45, 2.75) is 19.8 Å². The van der Waals surface area contributed by atoms with Gasteiger partial charge in [0.25, 0.3) is 0 Å². The van der Waals surface area contributed by atoms with Crippen molar-refractivity contribution in [3.05, 3.63) is 39.0 Å². The van der Waals surface area contributed by atoms with Gasteiger partial charge in [0.2, 0.25) is 0 Å². The SMILES string of the molecule is CC(C)c1c(N)ncnc1Nc1c(Br)cccc1Br. The number of halogens is 2. The molecule has 100 valence electrons. The van der Waals surface area contributed by atoms with Gasteiger partial charge in [-0.1, -0.05) is 19.9 Å². The van der Waals surface area contributed by atoms with Gasteiger partial charge in [0.05, 0.1) is 5.69 Å². The molecule has 0 atom stereocenters. The Kier molecular flexibility index (Phi) is 4.42. The summed E-state index contributed by atoms with van der Waals surface area (Å²) in [6.45, 7) is 4.13. The predicted molar refractivity (Wildman–Crippen MR) is 85.7 cm³/mol. The number of hydrogen-bond donors (Lipinski definition) is 2. The average Bonchev–Trinajstić information content (AvgIpc) is 2.33. The number of nitrogens with zero attached hydrogens (tertiary/aromatic N) is 2. The lowest BCUT2D eigenvalue weighted by atomic mass is 10.0. The van der Waals surface area contributed by atoms with Gasteiger partial charge < -0.3 is 11.1 Å². The maximum Gasteiger partial charge on any atom is 0.139 e. The zero-order chi connectivity index (χ0) is 14.0. The maximum atomic E-state index is 5.94. The van der Waals surface area contributed by atoms with Crippen molar-refractivity contribution in [3.63, 3.8) is 0 Å². The molecule has 0 fully saturated rings. The van der Waals surface area contributed by atoms with Crippen molar-refractivity contribution in [2.24, 2.45) is 0 Å². The molecular weight excluding hydrogens is 372 g/mol. The van der Waals surface area contributed by atoms with E-state index in [1.54, 1.807) is 0 Å². The first-order valence-electron chi connectivity index (χ1n) is 5.82. The van der Waals surface area contributed by atoms with Crippen LogP contribution in [-0.2, 0) is 0 Å². The summed E-state index contributed by atoms with van der Waals surface area (Å²) in [4.78, 5) is 8.35. The van der Waals surface area contributed by atoms with Gasteiger partial charge in [0.15, 0.2) is 0 Å². The number of aromatic nitrogens is 2. The van der Waals surface area contributed by atoms with Crippen molar-refractivity contribution < 1.29 is 0 Å². The van der Waals surface area contributed by atoms with Gasteiger partial charge in [-0.15, -0.1) is 0 Å². The molecule has 1 heterocycles. The summed E-state index contributed by atoms with van der Waals surface area (Å²) in [6, 6.07) is 5.89. The first kappa shape index (κ1) is 14.3. The van der Waals surface area contributed by atoms with Crippen LogP contribution in [0.3, 0.4) is 0 Å². The molecule has 0 saturated heterocycles. The maximum absolute atomic E-state index is 5.94. The molecular formula is C13H14Br2N4. The van der Waals surface area contributed by atoms with E-state index in [1.165, 1.54) is 6.33 Å². The van der Waals surface area contributed by atoms with E-state index in [2.05, 4.69) is 61.0 Å². The van der Waals surface area contributed by atoms with E-state index in [9.17, 15) is 0 Å². The third kappa shape index (κ3) is 3.06. The largest absolute Gasteiger partial charge is 0.383 e. The molecule has 0 aliphatic rings. The van der Waals surface area contributed by atoms with Gasteiger partial charge in [-0.05, 0) is 49.9 Å². The standard InChI is InChI=1S/C13H14Br2N4/c1-7(2)10-12(16)17-6-18-13(10)19-11-8(14)4-3-5-9(11)15/h3-7H,1-2H3,(H3,16,17,18,19). The molecule has 0 amide bonds. The molecule has 1 aromatic carbocycles. The molecule has 1 aromatic heterocycles. The summed E-state index contributed by atoms with van der Waals surface area (Å²) < 4.78 is 1.91. The Morgan fingerprint density at radius 1 is 1.16 bits per heavy atom. The van der Waals surface area contributed by atoms with Crippen molar-refractivity contribution in [2.75, 3.05) is 11.1 Å². The van der Waals surface area contributed by atoms with Gasteiger partial charge in [-0.3, -0.25) is 0 Å². The Balaban J connectivity index is 2.47. The summed E-state index contributed by atoms with van der Waals surface area (Å²) >= 11 is 7.04. The van der Waals surface area contributed by atoms with E-state index >= 15 is 0 Å². The van der Waals surface area contributed by atoms with E-state index in [0.717, 1.165) is 26.0 Å². The highest BCUT2D eigenvalue weighted by Gasteiger charge is 2.15. The molecule has 6 heteroatoms. The molecule has 0 unspecified atom stereocenters. The van der Waals surface area contributed by atoms with Crippen LogP contribution in [-0.4, -0.2) is 9.97 Å². The van der Waals surface area contributed by atoms with Crippen molar-refractivity contribution in [1.82, 2.24) is 9.97 Å². The van der Waals surface area contributed by atoms with Crippen molar-refractivity contribution >= 4 is 49.2 Å². The highest BCUT2D eigenvalue weighted by molar-refractivity contribution is 9.11. The van der Waals surface area contributed by atoms with Crippen molar-refractivity contribution in [3.8, 4) is 0 Å².